The van der Waals surface area contributed by atoms with Crippen LogP contribution in [0.5, 0.6) is 0 Å². The van der Waals surface area contributed by atoms with Gasteiger partial charge in [-0.3, -0.25) is 4.79 Å². The van der Waals surface area contributed by atoms with Crippen molar-refractivity contribution in [3.8, 4) is 0 Å². The number of thiazole rings is 1. The first kappa shape index (κ1) is 16.4. The Morgan fingerprint density at radius 1 is 1.74 bits per heavy atom. The van der Waals surface area contributed by atoms with E-state index in [9.17, 15) is 4.79 Å². The van der Waals surface area contributed by atoms with Crippen molar-refractivity contribution >= 4 is 29.7 Å². The molecule has 3 N–H and O–H groups in total. The molecule has 1 aliphatic rings. The molecule has 108 valence electrons. The van der Waals surface area contributed by atoms with Crippen LogP contribution in [0.1, 0.15) is 35.3 Å². The van der Waals surface area contributed by atoms with Gasteiger partial charge in [-0.25, -0.2) is 4.98 Å². The van der Waals surface area contributed by atoms with Crippen LogP contribution in [0.15, 0.2) is 5.38 Å². The molecule has 5 nitrogen and oxygen atoms in total. The Morgan fingerprint density at radius 3 is 3.16 bits per heavy atom. The maximum absolute atomic E-state index is 12.0. The number of nitrogens with zero attached hydrogens (tertiary/aromatic N) is 1. The standard InChI is InChI=1S/C12H19N3O2S.ClH/c1-8(10-3-2-6-17-10)14-12(16)9-7-18-11(15-9)4-5-13;/h7-8,10H,2-6,13H2,1H3,(H,14,16);1H. The molecule has 19 heavy (non-hydrogen) atoms. The predicted octanol–water partition coefficient (Wildman–Crippen LogP) is 1.36. The Bertz CT molecular complexity index is 407. The third kappa shape index (κ3) is 4.42. The molecular formula is C12H20ClN3O2S. The largest absolute Gasteiger partial charge is 0.376 e. The van der Waals surface area contributed by atoms with Crippen LogP contribution in [0.25, 0.3) is 0 Å². The monoisotopic (exact) mass is 305 g/mol. The van der Waals surface area contributed by atoms with E-state index in [1.807, 2.05) is 6.92 Å². The van der Waals surface area contributed by atoms with E-state index in [-0.39, 0.29) is 30.5 Å². The molecule has 1 amide bonds. The maximum Gasteiger partial charge on any atom is 0.271 e. The van der Waals surface area contributed by atoms with Gasteiger partial charge in [-0.2, -0.15) is 0 Å². The molecule has 0 saturated carbocycles. The maximum atomic E-state index is 12.0. The van der Waals surface area contributed by atoms with E-state index in [1.165, 1.54) is 11.3 Å². The summed E-state index contributed by atoms with van der Waals surface area (Å²) in [5.74, 6) is -0.127. The van der Waals surface area contributed by atoms with Crippen LogP contribution in [-0.2, 0) is 11.2 Å². The number of hydrogen-bond acceptors (Lipinski definition) is 5. The lowest BCUT2D eigenvalue weighted by Gasteiger charge is -2.19. The van der Waals surface area contributed by atoms with Crippen LogP contribution in [0.4, 0.5) is 0 Å². The number of amides is 1. The van der Waals surface area contributed by atoms with Crippen molar-refractivity contribution in [2.24, 2.45) is 5.73 Å². The smallest absolute Gasteiger partial charge is 0.271 e. The van der Waals surface area contributed by atoms with Gasteiger partial charge >= 0.3 is 0 Å². The molecule has 1 aromatic rings. The van der Waals surface area contributed by atoms with Gasteiger partial charge in [0.15, 0.2) is 0 Å². The quantitative estimate of drug-likeness (QED) is 0.861. The molecule has 0 bridgehead atoms. The number of rotatable bonds is 5. The summed E-state index contributed by atoms with van der Waals surface area (Å²) in [6.07, 6.45) is 2.94. The van der Waals surface area contributed by atoms with Gasteiger partial charge in [-0.05, 0) is 26.3 Å². The zero-order chi connectivity index (χ0) is 13.0. The van der Waals surface area contributed by atoms with Gasteiger partial charge in [0.05, 0.1) is 17.2 Å². The van der Waals surface area contributed by atoms with E-state index < -0.39 is 0 Å². The fourth-order valence-electron chi connectivity index (χ4n) is 2.02. The van der Waals surface area contributed by atoms with Gasteiger partial charge in [0, 0.05) is 18.4 Å². The third-order valence-corrected chi connectivity index (χ3v) is 3.93. The minimum atomic E-state index is -0.127. The highest BCUT2D eigenvalue weighted by molar-refractivity contribution is 7.09. The van der Waals surface area contributed by atoms with Gasteiger partial charge in [-0.15, -0.1) is 23.7 Å². The van der Waals surface area contributed by atoms with Crippen LogP contribution < -0.4 is 11.1 Å². The number of carbonyl (C=O) groups excluding carboxylic acids is 1. The Labute approximate surface area is 123 Å². The molecule has 1 aromatic heterocycles. The fourth-order valence-corrected chi connectivity index (χ4v) is 2.82. The van der Waals surface area contributed by atoms with E-state index in [1.54, 1.807) is 5.38 Å². The van der Waals surface area contributed by atoms with Crippen molar-refractivity contribution in [3.05, 3.63) is 16.1 Å². The van der Waals surface area contributed by atoms with Crippen molar-refractivity contribution in [1.29, 1.82) is 0 Å². The topological polar surface area (TPSA) is 77.2 Å². The average Bonchev–Trinajstić information content (AvgIpc) is 3.00. The second-order valence-corrected chi connectivity index (χ2v) is 5.42. The Balaban J connectivity index is 0.00000180. The predicted molar refractivity (Wildman–Crippen MR) is 78.0 cm³/mol. The molecule has 2 unspecified atom stereocenters. The average molecular weight is 306 g/mol. The summed E-state index contributed by atoms with van der Waals surface area (Å²) in [6.45, 7) is 3.32. The van der Waals surface area contributed by atoms with Crippen molar-refractivity contribution in [1.82, 2.24) is 10.3 Å². The third-order valence-electron chi connectivity index (χ3n) is 3.02. The number of nitrogens with one attached hydrogen (secondary N) is 1. The normalized spacial score (nSPS) is 19.8. The lowest BCUT2D eigenvalue weighted by atomic mass is 10.1. The van der Waals surface area contributed by atoms with Crippen LogP contribution in [0.3, 0.4) is 0 Å². The van der Waals surface area contributed by atoms with Crippen LogP contribution in [0.2, 0.25) is 0 Å². The summed E-state index contributed by atoms with van der Waals surface area (Å²) in [4.78, 5) is 16.2. The molecule has 1 saturated heterocycles. The van der Waals surface area contributed by atoms with Gasteiger partial charge < -0.3 is 15.8 Å². The molecule has 2 heterocycles. The van der Waals surface area contributed by atoms with Gasteiger partial charge in [-0.1, -0.05) is 0 Å². The highest BCUT2D eigenvalue weighted by atomic mass is 35.5. The lowest BCUT2D eigenvalue weighted by Crippen LogP contribution is -2.40. The highest BCUT2D eigenvalue weighted by Gasteiger charge is 2.24. The summed E-state index contributed by atoms with van der Waals surface area (Å²) >= 11 is 1.48. The minimum Gasteiger partial charge on any atom is -0.376 e. The van der Waals surface area contributed by atoms with Gasteiger partial charge in [0.2, 0.25) is 0 Å². The summed E-state index contributed by atoms with van der Waals surface area (Å²) < 4.78 is 5.55. The fraction of sp³-hybridized carbons (Fsp3) is 0.667. The van der Waals surface area contributed by atoms with E-state index in [2.05, 4.69) is 10.3 Å². The SMILES string of the molecule is CC(NC(=O)c1csc(CCN)n1)C1CCCO1.Cl. The molecule has 2 atom stereocenters. The number of hydrogen-bond donors (Lipinski definition) is 2. The van der Waals surface area contributed by atoms with Crippen LogP contribution in [-0.4, -0.2) is 36.2 Å². The van der Waals surface area contributed by atoms with Crippen molar-refractivity contribution in [2.45, 2.75) is 38.3 Å². The number of nitrogens with two attached hydrogens (primary N) is 1. The Kier molecular flexibility index (Phi) is 6.71. The highest BCUT2D eigenvalue weighted by Crippen LogP contribution is 2.16. The first-order chi connectivity index (χ1) is 8.70. The Morgan fingerprint density at radius 2 is 2.53 bits per heavy atom. The number of carbonyl (C=O) groups is 1. The van der Waals surface area contributed by atoms with Gasteiger partial charge in [0.25, 0.3) is 5.91 Å². The molecule has 2 rings (SSSR count). The summed E-state index contributed by atoms with van der Waals surface area (Å²) in [6, 6.07) is 0.0275. The summed E-state index contributed by atoms with van der Waals surface area (Å²) in [5, 5.41) is 5.63. The number of halogens is 1. The summed E-state index contributed by atoms with van der Waals surface area (Å²) in [7, 11) is 0. The summed E-state index contributed by atoms with van der Waals surface area (Å²) in [5.41, 5.74) is 5.94. The van der Waals surface area contributed by atoms with Gasteiger partial charge in [0.1, 0.15) is 5.69 Å². The lowest BCUT2D eigenvalue weighted by molar-refractivity contribution is 0.0710. The van der Waals surface area contributed by atoms with Crippen LogP contribution in [0, 0.1) is 0 Å². The van der Waals surface area contributed by atoms with Crippen LogP contribution >= 0.6 is 23.7 Å². The van der Waals surface area contributed by atoms with E-state index in [4.69, 9.17) is 10.5 Å². The molecule has 0 aromatic carbocycles. The Hall–Kier alpha value is -0.690. The number of ether oxygens (including phenoxy) is 1. The van der Waals surface area contributed by atoms with E-state index in [0.29, 0.717) is 12.2 Å². The van der Waals surface area contributed by atoms with E-state index >= 15 is 0 Å². The zero-order valence-corrected chi connectivity index (χ0v) is 12.6. The first-order valence-electron chi connectivity index (χ1n) is 6.27. The van der Waals surface area contributed by atoms with Crippen molar-refractivity contribution < 1.29 is 9.53 Å². The molecule has 0 radical (unpaired) electrons. The molecule has 1 aliphatic heterocycles. The first-order valence-corrected chi connectivity index (χ1v) is 7.15. The van der Waals surface area contributed by atoms with Crippen molar-refractivity contribution in [2.75, 3.05) is 13.2 Å². The molecule has 0 aliphatic carbocycles. The molecule has 7 heteroatoms. The zero-order valence-electron chi connectivity index (χ0n) is 10.9. The second kappa shape index (κ2) is 7.79. The number of aromatic nitrogens is 1. The molecule has 1 fully saturated rings. The molecular weight excluding hydrogens is 286 g/mol. The van der Waals surface area contributed by atoms with Crippen molar-refractivity contribution in [3.63, 3.8) is 0 Å². The molecule has 0 spiro atoms. The second-order valence-electron chi connectivity index (χ2n) is 4.48. The minimum absolute atomic E-state index is 0. The van der Waals surface area contributed by atoms with E-state index in [0.717, 1.165) is 30.9 Å².